The average Bonchev–Trinajstić information content (AvgIpc) is 2.37. The van der Waals surface area contributed by atoms with Crippen LogP contribution in [0.1, 0.15) is 39.0 Å². The molecule has 2 amide bonds. The number of aliphatic carboxylic acids is 1. The number of carbonyl (C=O) groups excluding carboxylic acids is 1. The molecule has 1 aliphatic carbocycles. The largest absolute Gasteiger partial charge is 0.480 e. The second-order valence-electron chi connectivity index (χ2n) is 5.38. The maximum atomic E-state index is 11.6. The molecule has 0 radical (unpaired) electrons. The molecule has 0 spiro atoms. The second-order valence-corrected chi connectivity index (χ2v) is 5.38. The maximum absolute atomic E-state index is 11.6. The zero-order chi connectivity index (χ0) is 14.3. The predicted molar refractivity (Wildman–Crippen MR) is 70.8 cm³/mol. The summed E-state index contributed by atoms with van der Waals surface area (Å²) in [5, 5.41) is 22.6. The molecule has 1 unspecified atom stereocenters. The number of urea groups is 1. The smallest absolute Gasteiger partial charge is 0.326 e. The molecule has 110 valence electrons. The van der Waals surface area contributed by atoms with Crippen LogP contribution in [0.4, 0.5) is 4.79 Å². The molecule has 0 aromatic carbocycles. The Morgan fingerprint density at radius 2 is 1.89 bits per heavy atom. The SMILES string of the molecule is CC1CCC(CNC(=O)NC(CCO)C(=O)O)CC1. The highest BCUT2D eigenvalue weighted by atomic mass is 16.4. The van der Waals surface area contributed by atoms with Gasteiger partial charge in [-0.2, -0.15) is 0 Å². The van der Waals surface area contributed by atoms with Crippen molar-refractivity contribution >= 4 is 12.0 Å². The van der Waals surface area contributed by atoms with Gasteiger partial charge in [0.2, 0.25) is 0 Å². The third-order valence-electron chi connectivity index (χ3n) is 3.71. The Morgan fingerprint density at radius 1 is 1.26 bits per heavy atom. The quantitative estimate of drug-likeness (QED) is 0.578. The van der Waals surface area contributed by atoms with Crippen molar-refractivity contribution < 1.29 is 19.8 Å². The Balaban J connectivity index is 2.24. The molecule has 1 fully saturated rings. The van der Waals surface area contributed by atoms with E-state index in [1.165, 1.54) is 12.8 Å². The molecule has 1 aliphatic rings. The van der Waals surface area contributed by atoms with Gasteiger partial charge in [0.15, 0.2) is 0 Å². The molecule has 1 rings (SSSR count). The lowest BCUT2D eigenvalue weighted by Gasteiger charge is -2.26. The molecule has 0 aliphatic heterocycles. The highest BCUT2D eigenvalue weighted by molar-refractivity contribution is 5.82. The summed E-state index contributed by atoms with van der Waals surface area (Å²) >= 11 is 0. The molecular weight excluding hydrogens is 248 g/mol. The highest BCUT2D eigenvalue weighted by Crippen LogP contribution is 2.27. The van der Waals surface area contributed by atoms with E-state index in [1.807, 2.05) is 0 Å². The lowest BCUT2D eigenvalue weighted by molar-refractivity contribution is -0.139. The van der Waals surface area contributed by atoms with Crippen molar-refractivity contribution in [3.05, 3.63) is 0 Å². The summed E-state index contributed by atoms with van der Waals surface area (Å²) in [6.45, 7) is 2.56. The summed E-state index contributed by atoms with van der Waals surface area (Å²) < 4.78 is 0. The van der Waals surface area contributed by atoms with Crippen LogP contribution in [-0.2, 0) is 4.79 Å². The topological polar surface area (TPSA) is 98.7 Å². The van der Waals surface area contributed by atoms with E-state index in [0.717, 1.165) is 18.8 Å². The number of carboxylic acid groups (broad SMARTS) is 1. The van der Waals surface area contributed by atoms with E-state index in [1.54, 1.807) is 0 Å². The van der Waals surface area contributed by atoms with Crippen molar-refractivity contribution in [2.45, 2.75) is 45.1 Å². The summed E-state index contributed by atoms with van der Waals surface area (Å²) in [5.74, 6) is 0.129. The Morgan fingerprint density at radius 3 is 2.42 bits per heavy atom. The Hall–Kier alpha value is -1.30. The van der Waals surface area contributed by atoms with Gasteiger partial charge in [0.1, 0.15) is 6.04 Å². The molecule has 6 heteroatoms. The molecule has 0 saturated heterocycles. The monoisotopic (exact) mass is 272 g/mol. The summed E-state index contributed by atoms with van der Waals surface area (Å²) in [5.41, 5.74) is 0. The maximum Gasteiger partial charge on any atom is 0.326 e. The van der Waals surface area contributed by atoms with Crippen molar-refractivity contribution in [3.8, 4) is 0 Å². The second kappa shape index (κ2) is 7.99. The summed E-state index contributed by atoms with van der Waals surface area (Å²) in [6.07, 6.45) is 4.62. The number of hydrogen-bond donors (Lipinski definition) is 4. The molecule has 1 saturated carbocycles. The number of rotatable bonds is 6. The van der Waals surface area contributed by atoms with Crippen LogP contribution in [0.3, 0.4) is 0 Å². The van der Waals surface area contributed by atoms with Gasteiger partial charge in [-0.15, -0.1) is 0 Å². The van der Waals surface area contributed by atoms with Gasteiger partial charge in [-0.3, -0.25) is 0 Å². The van der Waals surface area contributed by atoms with Crippen LogP contribution < -0.4 is 10.6 Å². The molecule has 6 nitrogen and oxygen atoms in total. The standard InChI is InChI=1S/C13H24N2O4/c1-9-2-4-10(5-3-9)8-14-13(19)15-11(6-7-16)12(17)18/h9-11,16H,2-8H2,1H3,(H,17,18)(H2,14,15,19). The van der Waals surface area contributed by atoms with Crippen molar-refractivity contribution in [1.82, 2.24) is 10.6 Å². The zero-order valence-electron chi connectivity index (χ0n) is 11.4. The van der Waals surface area contributed by atoms with Gasteiger partial charge < -0.3 is 20.8 Å². The number of carbonyl (C=O) groups is 2. The first-order valence-corrected chi connectivity index (χ1v) is 6.91. The van der Waals surface area contributed by atoms with E-state index in [9.17, 15) is 9.59 Å². The van der Waals surface area contributed by atoms with E-state index < -0.39 is 18.0 Å². The van der Waals surface area contributed by atoms with Gasteiger partial charge in [-0.05, 0) is 24.7 Å². The Bertz CT molecular complexity index is 301. The number of carboxylic acids is 1. The fourth-order valence-electron chi connectivity index (χ4n) is 2.37. The normalized spacial score (nSPS) is 24.5. The molecule has 0 aromatic rings. The minimum atomic E-state index is -1.13. The van der Waals surface area contributed by atoms with E-state index in [0.29, 0.717) is 12.5 Å². The van der Waals surface area contributed by atoms with Crippen LogP contribution in [-0.4, -0.2) is 41.4 Å². The van der Waals surface area contributed by atoms with Crippen molar-refractivity contribution in [2.75, 3.05) is 13.2 Å². The van der Waals surface area contributed by atoms with Crippen molar-refractivity contribution in [2.24, 2.45) is 11.8 Å². The fourth-order valence-corrected chi connectivity index (χ4v) is 2.37. The van der Waals surface area contributed by atoms with E-state index in [4.69, 9.17) is 10.2 Å². The predicted octanol–water partition coefficient (Wildman–Crippen LogP) is 0.947. The average molecular weight is 272 g/mol. The van der Waals surface area contributed by atoms with Gasteiger partial charge >= 0.3 is 12.0 Å². The third-order valence-corrected chi connectivity index (χ3v) is 3.71. The third kappa shape index (κ3) is 5.92. The van der Waals surface area contributed by atoms with Crippen LogP contribution in [0.5, 0.6) is 0 Å². The molecule has 4 N–H and O–H groups in total. The number of hydrogen-bond acceptors (Lipinski definition) is 3. The molecule has 0 bridgehead atoms. The Kier molecular flexibility index (Phi) is 6.62. The zero-order valence-corrected chi connectivity index (χ0v) is 11.4. The highest BCUT2D eigenvalue weighted by Gasteiger charge is 2.21. The number of aliphatic hydroxyl groups is 1. The van der Waals surface area contributed by atoms with Crippen molar-refractivity contribution in [1.29, 1.82) is 0 Å². The van der Waals surface area contributed by atoms with Gasteiger partial charge in [-0.1, -0.05) is 19.8 Å². The molecule has 0 heterocycles. The first-order chi connectivity index (χ1) is 9.02. The first kappa shape index (κ1) is 15.8. The van der Waals surface area contributed by atoms with Gasteiger partial charge in [0.05, 0.1) is 0 Å². The van der Waals surface area contributed by atoms with Crippen LogP contribution in [0.15, 0.2) is 0 Å². The first-order valence-electron chi connectivity index (χ1n) is 6.91. The lowest BCUT2D eigenvalue weighted by Crippen LogP contribution is -2.47. The number of amides is 2. The van der Waals surface area contributed by atoms with Crippen LogP contribution in [0, 0.1) is 11.8 Å². The Labute approximate surface area is 113 Å². The van der Waals surface area contributed by atoms with Crippen LogP contribution in [0.2, 0.25) is 0 Å². The summed E-state index contributed by atoms with van der Waals surface area (Å²) in [4.78, 5) is 22.4. The fraction of sp³-hybridized carbons (Fsp3) is 0.846. The minimum absolute atomic E-state index is 0.0176. The summed E-state index contributed by atoms with van der Waals surface area (Å²) in [7, 11) is 0. The van der Waals surface area contributed by atoms with E-state index >= 15 is 0 Å². The van der Waals surface area contributed by atoms with Gasteiger partial charge in [-0.25, -0.2) is 9.59 Å². The number of aliphatic hydroxyl groups excluding tert-OH is 1. The van der Waals surface area contributed by atoms with E-state index in [-0.39, 0.29) is 13.0 Å². The van der Waals surface area contributed by atoms with Crippen LogP contribution in [0.25, 0.3) is 0 Å². The summed E-state index contributed by atoms with van der Waals surface area (Å²) in [6, 6.07) is -1.50. The van der Waals surface area contributed by atoms with Gasteiger partial charge in [0, 0.05) is 19.6 Å². The van der Waals surface area contributed by atoms with Gasteiger partial charge in [0.25, 0.3) is 0 Å². The van der Waals surface area contributed by atoms with E-state index in [2.05, 4.69) is 17.6 Å². The minimum Gasteiger partial charge on any atom is -0.480 e. The molecular formula is C13H24N2O4. The molecule has 1 atom stereocenters. The number of nitrogens with one attached hydrogen (secondary N) is 2. The molecule has 0 aromatic heterocycles. The lowest BCUT2D eigenvalue weighted by atomic mass is 9.83. The van der Waals surface area contributed by atoms with Crippen LogP contribution >= 0.6 is 0 Å². The molecule has 19 heavy (non-hydrogen) atoms. The van der Waals surface area contributed by atoms with Crippen molar-refractivity contribution in [3.63, 3.8) is 0 Å².